The van der Waals surface area contributed by atoms with Crippen LogP contribution in [-0.2, 0) is 14.3 Å². The van der Waals surface area contributed by atoms with Crippen LogP contribution in [0.3, 0.4) is 0 Å². The molecule has 1 aromatic carbocycles. The number of ether oxygens (including phenoxy) is 2. The summed E-state index contributed by atoms with van der Waals surface area (Å²) in [5.41, 5.74) is 1.45. The maximum Gasteiger partial charge on any atom is 0.289 e. The van der Waals surface area contributed by atoms with Crippen LogP contribution in [0.4, 0.5) is 0 Å². The fraction of sp³-hybridized carbons (Fsp3) is 0.524. The Morgan fingerprint density at radius 1 is 1.12 bits per heavy atom. The Labute approximate surface area is 154 Å². The molecule has 2 aliphatic heterocycles. The molecule has 3 unspecified atom stereocenters. The van der Waals surface area contributed by atoms with Gasteiger partial charge in [0, 0.05) is 7.05 Å². The zero-order valence-corrected chi connectivity index (χ0v) is 15.5. The van der Waals surface area contributed by atoms with Gasteiger partial charge in [0.2, 0.25) is 0 Å². The maximum absolute atomic E-state index is 13.2. The van der Waals surface area contributed by atoms with Crippen LogP contribution >= 0.6 is 0 Å². The van der Waals surface area contributed by atoms with Gasteiger partial charge in [-0.25, -0.2) is 0 Å². The van der Waals surface area contributed by atoms with Crippen LogP contribution in [-0.4, -0.2) is 35.8 Å². The van der Waals surface area contributed by atoms with E-state index in [-0.39, 0.29) is 41.6 Å². The number of fused-ring (bicyclic) bond motifs is 1. The second kappa shape index (κ2) is 6.45. The molecule has 4 rings (SSSR count). The maximum atomic E-state index is 13.2. The second-order valence-electron chi connectivity index (χ2n) is 7.71. The number of likely N-dealkylation sites (N-methyl/N-ethyl adjacent to an activating group) is 1. The van der Waals surface area contributed by atoms with Crippen molar-refractivity contribution < 1.29 is 19.1 Å². The van der Waals surface area contributed by atoms with Crippen LogP contribution in [0.5, 0.6) is 5.75 Å². The zero-order valence-electron chi connectivity index (χ0n) is 15.5. The number of hydrogen-bond donors (Lipinski definition) is 0. The molecule has 138 valence electrons. The smallest absolute Gasteiger partial charge is 0.289 e. The number of carbonyl (C=O) groups is 2. The predicted octanol–water partition coefficient (Wildman–Crippen LogP) is 3.40. The minimum atomic E-state index is -0.374. The third-order valence-corrected chi connectivity index (χ3v) is 5.56. The standard InChI is InChI=1S/C21H25NO4/c1-12(2)25-14-10-8-13(9-11-14)18-17-19(23)15-6-4-5-7-16(15)26-20(17)21(24)22(18)3/h8-12,15-16,18H,4-7H2,1-3H3. The number of amides is 1. The molecule has 3 atom stereocenters. The van der Waals surface area contributed by atoms with Gasteiger partial charge >= 0.3 is 0 Å². The summed E-state index contributed by atoms with van der Waals surface area (Å²) in [6.45, 7) is 3.96. The van der Waals surface area contributed by atoms with Gasteiger partial charge in [-0.1, -0.05) is 18.6 Å². The van der Waals surface area contributed by atoms with E-state index in [1.165, 1.54) is 0 Å². The lowest BCUT2D eigenvalue weighted by atomic mass is 9.77. The first-order valence-electron chi connectivity index (χ1n) is 9.46. The van der Waals surface area contributed by atoms with Crippen molar-refractivity contribution in [1.82, 2.24) is 4.90 Å². The van der Waals surface area contributed by atoms with Gasteiger partial charge < -0.3 is 14.4 Å². The van der Waals surface area contributed by atoms with Crippen molar-refractivity contribution in [2.75, 3.05) is 7.05 Å². The van der Waals surface area contributed by atoms with Crippen LogP contribution < -0.4 is 4.74 Å². The molecular weight excluding hydrogens is 330 g/mol. The normalized spacial score (nSPS) is 28.2. The van der Waals surface area contributed by atoms with Crippen molar-refractivity contribution in [2.45, 2.75) is 57.8 Å². The monoisotopic (exact) mass is 355 g/mol. The topological polar surface area (TPSA) is 55.8 Å². The molecule has 3 aliphatic rings. The summed E-state index contributed by atoms with van der Waals surface area (Å²) in [6, 6.07) is 7.28. The third-order valence-electron chi connectivity index (χ3n) is 5.56. The fourth-order valence-electron chi connectivity index (χ4n) is 4.35. The van der Waals surface area contributed by atoms with Gasteiger partial charge in [0.15, 0.2) is 11.5 Å². The summed E-state index contributed by atoms with van der Waals surface area (Å²) in [6.07, 6.45) is 3.79. The Hall–Kier alpha value is -2.30. The van der Waals surface area contributed by atoms with Crippen LogP contribution in [0, 0.1) is 5.92 Å². The molecule has 1 aliphatic carbocycles. The summed E-state index contributed by atoms with van der Waals surface area (Å²) in [5.74, 6) is 0.857. The highest BCUT2D eigenvalue weighted by molar-refractivity contribution is 6.11. The van der Waals surface area contributed by atoms with E-state index in [1.807, 2.05) is 38.1 Å². The summed E-state index contributed by atoms with van der Waals surface area (Å²) in [7, 11) is 1.74. The lowest BCUT2D eigenvalue weighted by Gasteiger charge is -2.35. The average molecular weight is 355 g/mol. The van der Waals surface area contributed by atoms with Crippen molar-refractivity contribution in [3.63, 3.8) is 0 Å². The molecule has 1 fully saturated rings. The number of benzene rings is 1. The number of ketones is 1. The molecule has 0 aromatic heterocycles. The highest BCUT2D eigenvalue weighted by Gasteiger charge is 2.50. The first-order valence-corrected chi connectivity index (χ1v) is 9.46. The first-order chi connectivity index (χ1) is 12.5. The molecule has 0 saturated heterocycles. The number of rotatable bonds is 3. The summed E-state index contributed by atoms with van der Waals surface area (Å²) in [4.78, 5) is 27.5. The van der Waals surface area contributed by atoms with E-state index >= 15 is 0 Å². The van der Waals surface area contributed by atoms with E-state index in [2.05, 4.69) is 0 Å². The number of hydrogen-bond acceptors (Lipinski definition) is 4. The van der Waals surface area contributed by atoms with Gasteiger partial charge in [0.05, 0.1) is 23.6 Å². The molecule has 5 heteroatoms. The van der Waals surface area contributed by atoms with Crippen molar-refractivity contribution >= 4 is 11.7 Å². The minimum Gasteiger partial charge on any atom is -0.491 e. The van der Waals surface area contributed by atoms with Gasteiger partial charge in [0.25, 0.3) is 5.91 Å². The van der Waals surface area contributed by atoms with Crippen molar-refractivity contribution in [2.24, 2.45) is 5.92 Å². The average Bonchev–Trinajstić information content (AvgIpc) is 2.87. The number of carbonyl (C=O) groups excluding carboxylic acids is 2. The molecule has 2 heterocycles. The fourth-order valence-corrected chi connectivity index (χ4v) is 4.35. The molecule has 0 N–H and O–H groups in total. The number of Topliss-reactive ketones (excluding diaryl/α,β-unsaturated/α-hetero) is 1. The van der Waals surface area contributed by atoms with Crippen molar-refractivity contribution in [3.05, 3.63) is 41.2 Å². The van der Waals surface area contributed by atoms with E-state index in [0.717, 1.165) is 37.0 Å². The van der Waals surface area contributed by atoms with E-state index in [1.54, 1.807) is 11.9 Å². The van der Waals surface area contributed by atoms with Crippen molar-refractivity contribution in [1.29, 1.82) is 0 Å². The van der Waals surface area contributed by atoms with Crippen molar-refractivity contribution in [3.8, 4) is 5.75 Å². The van der Waals surface area contributed by atoms with Crippen LogP contribution in [0.25, 0.3) is 0 Å². The van der Waals surface area contributed by atoms with Gasteiger partial charge in [0.1, 0.15) is 11.9 Å². The number of nitrogens with zero attached hydrogens (tertiary/aromatic N) is 1. The predicted molar refractivity (Wildman–Crippen MR) is 96.6 cm³/mol. The third kappa shape index (κ3) is 2.70. The zero-order chi connectivity index (χ0) is 18.4. The van der Waals surface area contributed by atoms with Crippen LogP contribution in [0.2, 0.25) is 0 Å². The van der Waals surface area contributed by atoms with Gasteiger partial charge in [-0.15, -0.1) is 0 Å². The van der Waals surface area contributed by atoms with E-state index in [9.17, 15) is 9.59 Å². The van der Waals surface area contributed by atoms with Gasteiger partial charge in [-0.2, -0.15) is 0 Å². The molecule has 0 radical (unpaired) electrons. The van der Waals surface area contributed by atoms with Gasteiger partial charge in [-0.3, -0.25) is 9.59 Å². The Balaban J connectivity index is 1.69. The van der Waals surface area contributed by atoms with Gasteiger partial charge in [-0.05, 0) is 50.8 Å². The van der Waals surface area contributed by atoms with Crippen LogP contribution in [0.15, 0.2) is 35.6 Å². The highest BCUT2D eigenvalue weighted by Crippen LogP contribution is 2.46. The largest absolute Gasteiger partial charge is 0.491 e. The molecule has 1 amide bonds. The summed E-state index contributed by atoms with van der Waals surface area (Å²) < 4.78 is 11.7. The Bertz CT molecular complexity index is 765. The van der Waals surface area contributed by atoms with Crippen LogP contribution in [0.1, 0.15) is 51.1 Å². The minimum absolute atomic E-state index is 0.0983. The summed E-state index contributed by atoms with van der Waals surface area (Å²) in [5, 5.41) is 0. The Morgan fingerprint density at radius 3 is 2.50 bits per heavy atom. The highest BCUT2D eigenvalue weighted by atomic mass is 16.5. The molecule has 1 saturated carbocycles. The Kier molecular flexibility index (Phi) is 4.25. The quantitative estimate of drug-likeness (QED) is 0.834. The van der Waals surface area contributed by atoms with E-state index < -0.39 is 0 Å². The lowest BCUT2D eigenvalue weighted by Crippen LogP contribution is -2.39. The second-order valence-corrected chi connectivity index (χ2v) is 7.71. The molecule has 0 bridgehead atoms. The SMILES string of the molecule is CC(C)Oc1ccc(C2C3=C(OC4CCCCC4C3=O)C(=O)N2C)cc1. The van der Waals surface area contributed by atoms with E-state index in [4.69, 9.17) is 9.47 Å². The lowest BCUT2D eigenvalue weighted by molar-refractivity contribution is -0.134. The molecule has 26 heavy (non-hydrogen) atoms. The molecule has 5 nitrogen and oxygen atoms in total. The molecule has 1 aromatic rings. The van der Waals surface area contributed by atoms with E-state index in [0.29, 0.717) is 5.57 Å². The Morgan fingerprint density at radius 2 is 1.81 bits per heavy atom. The first kappa shape index (κ1) is 17.1. The molecular formula is C21H25NO4. The molecule has 0 spiro atoms. The summed E-state index contributed by atoms with van der Waals surface area (Å²) >= 11 is 0.